The van der Waals surface area contributed by atoms with E-state index in [-0.39, 0.29) is 6.04 Å². The fourth-order valence-corrected chi connectivity index (χ4v) is 2.99. The molecule has 0 aliphatic heterocycles. The van der Waals surface area contributed by atoms with Gasteiger partial charge in [0.25, 0.3) is 0 Å². The van der Waals surface area contributed by atoms with Crippen LogP contribution in [0.1, 0.15) is 25.8 Å². The largest absolute Gasteiger partial charge is 0.489 e. The molecule has 0 saturated heterocycles. The highest BCUT2D eigenvalue weighted by atomic mass is 32.2. The first-order valence-electron chi connectivity index (χ1n) is 7.30. The molecule has 1 unspecified atom stereocenters. The molecule has 0 aromatic heterocycles. The third-order valence-electron chi connectivity index (χ3n) is 3.51. The Morgan fingerprint density at radius 1 is 1.32 bits per heavy atom. The summed E-state index contributed by atoms with van der Waals surface area (Å²) in [5.41, 5.74) is 1.42. The van der Waals surface area contributed by atoms with Crippen LogP contribution in [0.2, 0.25) is 0 Å². The van der Waals surface area contributed by atoms with Crippen LogP contribution >= 0.6 is 0 Å². The van der Waals surface area contributed by atoms with E-state index < -0.39 is 10.2 Å². The predicted octanol–water partition coefficient (Wildman–Crippen LogP) is 2.41. The Kier molecular flexibility index (Phi) is 7.12. The van der Waals surface area contributed by atoms with Crippen molar-refractivity contribution in [2.24, 2.45) is 0 Å². The van der Waals surface area contributed by atoms with Crippen LogP contribution in [0.3, 0.4) is 0 Å². The highest BCUT2D eigenvalue weighted by molar-refractivity contribution is 7.90. The third-order valence-corrected chi connectivity index (χ3v) is 5.11. The predicted molar refractivity (Wildman–Crippen MR) is 88.6 cm³/mol. The highest BCUT2D eigenvalue weighted by Crippen LogP contribution is 2.27. The molecule has 6 nitrogen and oxygen atoms in total. The van der Waals surface area contributed by atoms with Crippen LogP contribution in [0.25, 0.3) is 0 Å². The molecule has 22 heavy (non-hydrogen) atoms. The minimum atomic E-state index is -3.62. The molecule has 1 aromatic carbocycles. The van der Waals surface area contributed by atoms with Crippen molar-refractivity contribution in [2.75, 3.05) is 32.1 Å². The molecular weight excluding hydrogens is 304 g/mol. The quantitative estimate of drug-likeness (QED) is 0.706. The Morgan fingerprint density at radius 2 is 2.00 bits per heavy atom. The molecular formula is C15H26N2O4S. The van der Waals surface area contributed by atoms with Gasteiger partial charge < -0.3 is 9.47 Å². The number of rotatable bonds is 9. The van der Waals surface area contributed by atoms with Crippen molar-refractivity contribution in [2.45, 2.75) is 33.2 Å². The van der Waals surface area contributed by atoms with Crippen LogP contribution in [-0.2, 0) is 14.9 Å². The van der Waals surface area contributed by atoms with Crippen LogP contribution in [0, 0.1) is 6.92 Å². The summed E-state index contributed by atoms with van der Waals surface area (Å²) in [7, 11) is -0.465. The monoisotopic (exact) mass is 330 g/mol. The van der Waals surface area contributed by atoms with E-state index in [1.807, 2.05) is 26.8 Å². The Bertz CT molecular complexity index is 575. The summed E-state index contributed by atoms with van der Waals surface area (Å²) in [6.07, 6.45) is 0.739. The van der Waals surface area contributed by atoms with Crippen molar-refractivity contribution in [3.8, 4) is 5.75 Å². The summed E-state index contributed by atoms with van der Waals surface area (Å²) in [4.78, 5) is 0. The zero-order chi connectivity index (χ0) is 16.8. The highest BCUT2D eigenvalue weighted by Gasteiger charge is 2.23. The number of hydrogen-bond donors (Lipinski definition) is 1. The van der Waals surface area contributed by atoms with Crippen molar-refractivity contribution >= 4 is 15.9 Å². The number of nitrogens with zero attached hydrogens (tertiary/aromatic N) is 1. The van der Waals surface area contributed by atoms with E-state index in [4.69, 9.17) is 9.47 Å². The number of methoxy groups -OCH3 is 1. The molecule has 126 valence electrons. The molecule has 0 heterocycles. The lowest BCUT2D eigenvalue weighted by Crippen LogP contribution is -2.38. The fraction of sp³-hybridized carbons (Fsp3) is 0.600. The summed E-state index contributed by atoms with van der Waals surface area (Å²) >= 11 is 0. The summed E-state index contributed by atoms with van der Waals surface area (Å²) in [5, 5.41) is 0. The molecule has 0 bridgehead atoms. The minimum Gasteiger partial charge on any atom is -0.489 e. The molecule has 1 aromatic rings. The lowest BCUT2D eigenvalue weighted by molar-refractivity contribution is 0.146. The maximum Gasteiger partial charge on any atom is 0.301 e. The molecule has 0 aliphatic carbocycles. The zero-order valence-corrected chi connectivity index (χ0v) is 14.7. The molecule has 1 atom stereocenters. The number of aryl methyl sites for hydroxylation is 1. The van der Waals surface area contributed by atoms with Gasteiger partial charge >= 0.3 is 10.2 Å². The molecule has 1 N–H and O–H groups in total. The molecule has 0 saturated carbocycles. The fourth-order valence-electron chi connectivity index (χ4n) is 1.77. The van der Waals surface area contributed by atoms with E-state index in [9.17, 15) is 8.42 Å². The zero-order valence-electron chi connectivity index (χ0n) is 13.9. The summed E-state index contributed by atoms with van der Waals surface area (Å²) < 4.78 is 39.3. The molecule has 0 fully saturated rings. The smallest absolute Gasteiger partial charge is 0.301 e. The van der Waals surface area contributed by atoms with E-state index in [2.05, 4.69) is 4.72 Å². The van der Waals surface area contributed by atoms with Crippen LogP contribution < -0.4 is 9.46 Å². The molecule has 0 aliphatic rings. The van der Waals surface area contributed by atoms with Gasteiger partial charge in [-0.1, -0.05) is 13.0 Å². The molecule has 7 heteroatoms. The van der Waals surface area contributed by atoms with E-state index in [1.165, 1.54) is 4.31 Å². The van der Waals surface area contributed by atoms with Crippen LogP contribution in [0.5, 0.6) is 5.75 Å². The van der Waals surface area contributed by atoms with E-state index >= 15 is 0 Å². The van der Waals surface area contributed by atoms with Gasteiger partial charge in [-0.3, -0.25) is 4.72 Å². The van der Waals surface area contributed by atoms with Gasteiger partial charge in [-0.2, -0.15) is 12.7 Å². The normalized spacial score (nSPS) is 13.2. The first-order chi connectivity index (χ1) is 10.3. The Balaban J connectivity index is 2.96. The SMILES string of the molecule is CCC(C)N(C)S(=O)(=O)Nc1ccc(C)cc1OCCOC. The van der Waals surface area contributed by atoms with Crippen molar-refractivity contribution in [3.05, 3.63) is 23.8 Å². The number of nitrogens with one attached hydrogen (secondary N) is 1. The van der Waals surface area contributed by atoms with Crippen molar-refractivity contribution < 1.29 is 17.9 Å². The lowest BCUT2D eigenvalue weighted by Gasteiger charge is -2.24. The van der Waals surface area contributed by atoms with Crippen molar-refractivity contribution in [3.63, 3.8) is 0 Å². The second kappa shape index (κ2) is 8.36. The topological polar surface area (TPSA) is 67.9 Å². The van der Waals surface area contributed by atoms with E-state index in [0.29, 0.717) is 24.7 Å². The van der Waals surface area contributed by atoms with Gasteiger partial charge in [0.2, 0.25) is 0 Å². The van der Waals surface area contributed by atoms with Gasteiger partial charge in [-0.15, -0.1) is 0 Å². The third kappa shape index (κ3) is 5.15. The second-order valence-electron chi connectivity index (χ2n) is 5.22. The van der Waals surface area contributed by atoms with Gasteiger partial charge in [-0.05, 0) is 38.0 Å². The Hall–Kier alpha value is -1.31. The van der Waals surface area contributed by atoms with Gasteiger partial charge in [0, 0.05) is 20.2 Å². The number of hydrogen-bond acceptors (Lipinski definition) is 4. The van der Waals surface area contributed by atoms with E-state index in [0.717, 1.165) is 12.0 Å². The standard InChI is InChI=1S/C15H26N2O4S/c1-6-13(3)17(4)22(18,19)16-14-8-7-12(2)11-15(14)21-10-9-20-5/h7-8,11,13,16H,6,9-10H2,1-5H3. The number of anilines is 1. The van der Waals surface area contributed by atoms with Crippen molar-refractivity contribution in [1.29, 1.82) is 0 Å². The average molecular weight is 330 g/mol. The summed E-state index contributed by atoms with van der Waals surface area (Å²) in [6.45, 7) is 6.53. The number of ether oxygens (including phenoxy) is 2. The minimum absolute atomic E-state index is 0.0826. The molecule has 1 rings (SSSR count). The molecule has 0 spiro atoms. The Morgan fingerprint density at radius 3 is 2.59 bits per heavy atom. The van der Waals surface area contributed by atoms with Crippen LogP contribution in [0.15, 0.2) is 18.2 Å². The first-order valence-corrected chi connectivity index (χ1v) is 8.74. The maximum atomic E-state index is 12.4. The van der Waals surface area contributed by atoms with Gasteiger partial charge in [0.05, 0.1) is 12.3 Å². The van der Waals surface area contributed by atoms with Crippen LogP contribution in [0.4, 0.5) is 5.69 Å². The van der Waals surface area contributed by atoms with E-state index in [1.54, 1.807) is 26.3 Å². The summed E-state index contributed by atoms with van der Waals surface area (Å²) in [6, 6.07) is 5.27. The van der Waals surface area contributed by atoms with Gasteiger partial charge in [-0.25, -0.2) is 0 Å². The molecule has 0 amide bonds. The Labute approximate surface area is 133 Å². The average Bonchev–Trinajstić information content (AvgIpc) is 2.48. The maximum absolute atomic E-state index is 12.4. The summed E-state index contributed by atoms with van der Waals surface area (Å²) in [5.74, 6) is 0.498. The van der Waals surface area contributed by atoms with Crippen LogP contribution in [-0.4, -0.2) is 46.1 Å². The number of benzene rings is 1. The first kappa shape index (κ1) is 18.7. The van der Waals surface area contributed by atoms with Gasteiger partial charge in [0.1, 0.15) is 12.4 Å². The van der Waals surface area contributed by atoms with Gasteiger partial charge in [0.15, 0.2) is 0 Å². The molecule has 0 radical (unpaired) electrons. The van der Waals surface area contributed by atoms with Crippen molar-refractivity contribution in [1.82, 2.24) is 4.31 Å². The lowest BCUT2D eigenvalue weighted by atomic mass is 10.2. The second-order valence-corrected chi connectivity index (χ2v) is 6.95.